The molecule has 0 amide bonds. The van der Waals surface area contributed by atoms with E-state index in [4.69, 9.17) is 0 Å². The highest BCUT2D eigenvalue weighted by Gasteiger charge is 2.18. The van der Waals surface area contributed by atoms with Gasteiger partial charge in [0.05, 0.1) is 0 Å². The number of hydrogen-bond acceptors (Lipinski definition) is 1. The third-order valence-corrected chi connectivity index (χ3v) is 5.21. The summed E-state index contributed by atoms with van der Waals surface area (Å²) in [6.07, 6.45) is 0. The minimum Gasteiger partial charge on any atom is -0.378 e. The smallest absolute Gasteiger partial charge is 0.0485 e. The van der Waals surface area contributed by atoms with Gasteiger partial charge in [0.25, 0.3) is 0 Å². The fraction of sp³-hybridized carbons (Fsp3) is 0.308. The minimum atomic E-state index is 0.267. The van der Waals surface area contributed by atoms with Gasteiger partial charge in [-0.15, -0.1) is 0 Å². The van der Waals surface area contributed by atoms with Crippen molar-refractivity contribution in [2.75, 3.05) is 5.32 Å². The summed E-state index contributed by atoms with van der Waals surface area (Å²) < 4.78 is 0. The number of benzene rings is 3. The fourth-order valence-electron chi connectivity index (χ4n) is 3.60. The Bertz CT molecular complexity index is 834. The van der Waals surface area contributed by atoms with Crippen molar-refractivity contribution in [1.82, 2.24) is 0 Å². The van der Waals surface area contributed by atoms with Crippen LogP contribution in [0.3, 0.4) is 0 Å². The number of hydrogen-bond donors (Lipinski definition) is 1. The second-order valence-corrected chi connectivity index (χ2v) is 7.98. The summed E-state index contributed by atoms with van der Waals surface area (Å²) in [6.45, 7) is 11.4. The van der Waals surface area contributed by atoms with E-state index in [9.17, 15) is 0 Å². The molecule has 140 valence electrons. The van der Waals surface area contributed by atoms with Crippen molar-refractivity contribution in [3.63, 3.8) is 0 Å². The molecular weight excluding hydrogens is 326 g/mol. The lowest BCUT2D eigenvalue weighted by molar-refractivity contribution is 0.811. The predicted octanol–water partition coefficient (Wildman–Crippen LogP) is 7.77. The zero-order chi connectivity index (χ0) is 19.4. The Morgan fingerprint density at radius 2 is 1.07 bits per heavy atom. The molecule has 0 heterocycles. The van der Waals surface area contributed by atoms with Crippen molar-refractivity contribution in [2.24, 2.45) is 0 Å². The normalized spacial score (nSPS) is 12.4. The molecule has 0 saturated carbocycles. The van der Waals surface area contributed by atoms with Crippen molar-refractivity contribution in [3.8, 4) is 11.1 Å². The maximum absolute atomic E-state index is 3.84. The van der Waals surface area contributed by atoms with Crippen molar-refractivity contribution in [1.29, 1.82) is 0 Å². The molecule has 0 aliphatic carbocycles. The predicted molar refractivity (Wildman–Crippen MR) is 119 cm³/mol. The summed E-state index contributed by atoms with van der Waals surface area (Å²) in [7, 11) is 0. The average Bonchev–Trinajstić information content (AvgIpc) is 2.69. The molecule has 0 aromatic heterocycles. The maximum atomic E-state index is 3.84. The standard InChI is InChI=1S/C26H31N/c1-18(2)24-16-23(22-14-10-7-11-15-22)17-25(19(3)4)26(24)27-20(5)21-12-8-6-9-13-21/h6-20,27H,1-5H3. The maximum Gasteiger partial charge on any atom is 0.0485 e. The fourth-order valence-corrected chi connectivity index (χ4v) is 3.60. The summed E-state index contributed by atoms with van der Waals surface area (Å²) in [5.41, 5.74) is 7.99. The Hall–Kier alpha value is -2.54. The quantitative estimate of drug-likeness (QED) is 0.475. The molecule has 0 saturated heterocycles. The van der Waals surface area contributed by atoms with Gasteiger partial charge in [-0.1, -0.05) is 88.4 Å². The van der Waals surface area contributed by atoms with Gasteiger partial charge in [0.15, 0.2) is 0 Å². The second kappa shape index (κ2) is 8.43. The van der Waals surface area contributed by atoms with Crippen molar-refractivity contribution in [3.05, 3.63) is 89.5 Å². The molecule has 1 nitrogen and oxygen atoms in total. The highest BCUT2D eigenvalue weighted by molar-refractivity contribution is 5.73. The lowest BCUT2D eigenvalue weighted by atomic mass is 9.88. The van der Waals surface area contributed by atoms with Crippen LogP contribution in [0.5, 0.6) is 0 Å². The largest absolute Gasteiger partial charge is 0.378 e. The lowest BCUT2D eigenvalue weighted by Gasteiger charge is -2.26. The van der Waals surface area contributed by atoms with Crippen LogP contribution in [-0.2, 0) is 0 Å². The van der Waals surface area contributed by atoms with E-state index >= 15 is 0 Å². The van der Waals surface area contributed by atoms with E-state index in [0.717, 1.165) is 0 Å². The molecule has 1 atom stereocenters. The van der Waals surface area contributed by atoms with Crippen LogP contribution in [0.15, 0.2) is 72.8 Å². The molecule has 0 aliphatic heterocycles. The Balaban J connectivity index is 2.09. The van der Waals surface area contributed by atoms with E-state index < -0.39 is 0 Å². The molecule has 0 fully saturated rings. The van der Waals surface area contributed by atoms with Crippen molar-refractivity contribution < 1.29 is 0 Å². The summed E-state index contributed by atoms with van der Waals surface area (Å²) >= 11 is 0. The highest BCUT2D eigenvalue weighted by atomic mass is 14.9. The first-order valence-corrected chi connectivity index (χ1v) is 10.0. The van der Waals surface area contributed by atoms with E-state index in [1.165, 1.54) is 33.5 Å². The Kier molecular flexibility index (Phi) is 6.01. The molecule has 0 aliphatic rings. The number of rotatable bonds is 6. The third-order valence-electron chi connectivity index (χ3n) is 5.21. The van der Waals surface area contributed by atoms with Crippen LogP contribution in [0.1, 0.15) is 69.2 Å². The van der Waals surface area contributed by atoms with Crippen LogP contribution in [0.4, 0.5) is 5.69 Å². The van der Waals surface area contributed by atoms with E-state index in [1.54, 1.807) is 0 Å². The van der Waals surface area contributed by atoms with Gasteiger partial charge < -0.3 is 5.32 Å². The van der Waals surface area contributed by atoms with E-state index in [1.807, 2.05) is 0 Å². The molecule has 3 aromatic rings. The topological polar surface area (TPSA) is 12.0 Å². The molecule has 27 heavy (non-hydrogen) atoms. The van der Waals surface area contributed by atoms with E-state index in [0.29, 0.717) is 11.8 Å². The van der Waals surface area contributed by atoms with Gasteiger partial charge in [0, 0.05) is 11.7 Å². The van der Waals surface area contributed by atoms with Gasteiger partial charge in [-0.05, 0) is 58.7 Å². The highest BCUT2D eigenvalue weighted by Crippen LogP contribution is 2.38. The van der Waals surface area contributed by atoms with Crippen molar-refractivity contribution in [2.45, 2.75) is 52.5 Å². The van der Waals surface area contributed by atoms with Gasteiger partial charge in [-0.3, -0.25) is 0 Å². The van der Waals surface area contributed by atoms with Crippen LogP contribution < -0.4 is 5.32 Å². The first kappa shape index (κ1) is 19.2. The number of nitrogens with one attached hydrogen (secondary N) is 1. The van der Waals surface area contributed by atoms with Crippen LogP contribution in [-0.4, -0.2) is 0 Å². The Morgan fingerprint density at radius 1 is 0.593 bits per heavy atom. The summed E-state index contributed by atoms with van der Waals surface area (Å²) in [6, 6.07) is 26.4. The van der Waals surface area contributed by atoms with Crippen LogP contribution in [0, 0.1) is 0 Å². The molecule has 0 bridgehead atoms. The summed E-state index contributed by atoms with van der Waals surface area (Å²) in [5, 5.41) is 3.84. The van der Waals surface area contributed by atoms with Gasteiger partial charge in [-0.25, -0.2) is 0 Å². The second-order valence-electron chi connectivity index (χ2n) is 7.98. The van der Waals surface area contributed by atoms with Gasteiger partial charge in [0.1, 0.15) is 0 Å². The molecule has 0 radical (unpaired) electrons. The SMILES string of the molecule is CC(C)c1cc(-c2ccccc2)cc(C(C)C)c1NC(C)c1ccccc1. The lowest BCUT2D eigenvalue weighted by Crippen LogP contribution is -2.12. The van der Waals surface area contributed by atoms with E-state index in [2.05, 4.69) is 113 Å². The summed E-state index contributed by atoms with van der Waals surface area (Å²) in [4.78, 5) is 0. The average molecular weight is 358 g/mol. The van der Waals surface area contributed by atoms with E-state index in [-0.39, 0.29) is 6.04 Å². The molecule has 3 rings (SSSR count). The van der Waals surface area contributed by atoms with Crippen molar-refractivity contribution >= 4 is 5.69 Å². The molecule has 1 heteroatoms. The molecule has 1 unspecified atom stereocenters. The van der Waals surface area contributed by atoms with Gasteiger partial charge >= 0.3 is 0 Å². The third kappa shape index (κ3) is 4.42. The monoisotopic (exact) mass is 357 g/mol. The Morgan fingerprint density at radius 3 is 1.56 bits per heavy atom. The first-order valence-electron chi connectivity index (χ1n) is 10.0. The minimum absolute atomic E-state index is 0.267. The van der Waals surface area contributed by atoms with Crippen LogP contribution in [0.2, 0.25) is 0 Å². The van der Waals surface area contributed by atoms with Gasteiger partial charge in [0.2, 0.25) is 0 Å². The van der Waals surface area contributed by atoms with Gasteiger partial charge in [-0.2, -0.15) is 0 Å². The Labute approximate surface area is 164 Å². The molecule has 1 N–H and O–H groups in total. The molecule has 3 aromatic carbocycles. The zero-order valence-electron chi connectivity index (χ0n) is 17.2. The molecular formula is C26H31N. The zero-order valence-corrected chi connectivity index (χ0v) is 17.2. The van der Waals surface area contributed by atoms with Crippen LogP contribution in [0.25, 0.3) is 11.1 Å². The van der Waals surface area contributed by atoms with Crippen LogP contribution >= 0.6 is 0 Å². The number of anilines is 1. The first-order chi connectivity index (χ1) is 13.0. The summed E-state index contributed by atoms with van der Waals surface area (Å²) in [5.74, 6) is 0.910. The molecule has 0 spiro atoms.